The van der Waals surface area contributed by atoms with Crippen LogP contribution in [-0.4, -0.2) is 34.3 Å². The van der Waals surface area contributed by atoms with E-state index in [1.165, 1.54) is 0 Å². The highest BCUT2D eigenvalue weighted by molar-refractivity contribution is 7.89. The van der Waals surface area contributed by atoms with Gasteiger partial charge in [0.05, 0.1) is 23.6 Å². The van der Waals surface area contributed by atoms with Crippen molar-refractivity contribution in [2.45, 2.75) is 43.5 Å². The highest BCUT2D eigenvalue weighted by atomic mass is 32.2. The molecule has 1 fully saturated rings. The Morgan fingerprint density at radius 1 is 1.33 bits per heavy atom. The number of sulfonamides is 1. The van der Waals surface area contributed by atoms with Gasteiger partial charge in [-0.25, -0.2) is 13.1 Å². The van der Waals surface area contributed by atoms with Gasteiger partial charge in [-0.05, 0) is 56.9 Å². The van der Waals surface area contributed by atoms with E-state index < -0.39 is 15.6 Å². The van der Waals surface area contributed by atoms with E-state index in [2.05, 4.69) is 4.72 Å². The van der Waals surface area contributed by atoms with E-state index in [-0.39, 0.29) is 0 Å². The zero-order chi connectivity index (χ0) is 15.5. The van der Waals surface area contributed by atoms with E-state index in [0.29, 0.717) is 29.4 Å². The van der Waals surface area contributed by atoms with Crippen LogP contribution in [0, 0.1) is 6.92 Å². The van der Waals surface area contributed by atoms with E-state index >= 15 is 0 Å². The summed E-state index contributed by atoms with van der Waals surface area (Å²) in [5.74, 6) is 0.684. The number of rotatable bonds is 7. The average Bonchev–Trinajstić information content (AvgIpc) is 2.36. The van der Waals surface area contributed by atoms with Crippen molar-refractivity contribution in [2.24, 2.45) is 0 Å². The number of aryl methyl sites for hydroxylation is 1. The third-order valence-corrected chi connectivity index (χ3v) is 5.57. The third kappa shape index (κ3) is 3.56. The quantitative estimate of drug-likeness (QED) is 0.838. The maximum Gasteiger partial charge on any atom is 0.241 e. The number of benzene rings is 1. The summed E-state index contributed by atoms with van der Waals surface area (Å²) in [6.45, 7) is 4.64. The lowest BCUT2D eigenvalue weighted by atomic mass is 9.78. The zero-order valence-corrected chi connectivity index (χ0v) is 13.6. The molecule has 1 aliphatic carbocycles. The second-order valence-electron chi connectivity index (χ2n) is 5.53. The van der Waals surface area contributed by atoms with Crippen LogP contribution < -0.4 is 9.46 Å². The van der Waals surface area contributed by atoms with Crippen LogP contribution in [0.1, 0.15) is 31.7 Å². The van der Waals surface area contributed by atoms with Crippen LogP contribution in [0.3, 0.4) is 0 Å². The number of nitrogens with one attached hydrogen (secondary N) is 1. The van der Waals surface area contributed by atoms with Crippen LogP contribution in [0.2, 0.25) is 0 Å². The van der Waals surface area contributed by atoms with Gasteiger partial charge in [0.1, 0.15) is 5.75 Å². The molecule has 1 saturated carbocycles. The number of ether oxygens (including phenoxy) is 2. The molecule has 0 unspecified atom stereocenters. The fourth-order valence-electron chi connectivity index (χ4n) is 2.68. The van der Waals surface area contributed by atoms with Crippen molar-refractivity contribution < 1.29 is 17.9 Å². The standard InChI is InChI=1S/C15H23NO4S/c1-4-20-13-6-7-14(12(2)10-13)21(17,18)16-15(11-19-3)8-5-9-15/h6-7,10,16H,4-5,8-9,11H2,1-3H3. The monoisotopic (exact) mass is 313 g/mol. The van der Waals surface area contributed by atoms with E-state index in [1.807, 2.05) is 6.92 Å². The summed E-state index contributed by atoms with van der Waals surface area (Å²) in [4.78, 5) is 0.299. The molecule has 0 spiro atoms. The highest BCUT2D eigenvalue weighted by Crippen LogP contribution is 2.34. The molecule has 118 valence electrons. The lowest BCUT2D eigenvalue weighted by molar-refractivity contribution is 0.0729. The van der Waals surface area contributed by atoms with Crippen LogP contribution in [0.5, 0.6) is 5.75 Å². The predicted octanol–water partition coefficient (Wildman–Crippen LogP) is 2.24. The first-order valence-corrected chi connectivity index (χ1v) is 8.67. The largest absolute Gasteiger partial charge is 0.494 e. The fourth-order valence-corrected chi connectivity index (χ4v) is 4.35. The van der Waals surface area contributed by atoms with Gasteiger partial charge < -0.3 is 9.47 Å². The van der Waals surface area contributed by atoms with E-state index in [1.54, 1.807) is 32.2 Å². The van der Waals surface area contributed by atoms with Gasteiger partial charge in [-0.2, -0.15) is 0 Å². The molecule has 0 radical (unpaired) electrons. The van der Waals surface area contributed by atoms with Crippen molar-refractivity contribution in [3.05, 3.63) is 23.8 Å². The van der Waals surface area contributed by atoms with Gasteiger partial charge in [0.15, 0.2) is 0 Å². The maximum atomic E-state index is 12.6. The summed E-state index contributed by atoms with van der Waals surface area (Å²) in [6, 6.07) is 5.04. The van der Waals surface area contributed by atoms with Gasteiger partial charge in [-0.1, -0.05) is 0 Å². The summed E-state index contributed by atoms with van der Waals surface area (Å²) >= 11 is 0. The molecule has 1 aromatic rings. The molecule has 1 aromatic carbocycles. The van der Waals surface area contributed by atoms with E-state index in [0.717, 1.165) is 19.3 Å². The van der Waals surface area contributed by atoms with Gasteiger partial charge in [-0.15, -0.1) is 0 Å². The van der Waals surface area contributed by atoms with Crippen LogP contribution in [0.4, 0.5) is 0 Å². The van der Waals surface area contributed by atoms with Gasteiger partial charge in [0, 0.05) is 7.11 Å². The molecular weight excluding hydrogens is 290 g/mol. The van der Waals surface area contributed by atoms with Crippen LogP contribution in [0.15, 0.2) is 23.1 Å². The van der Waals surface area contributed by atoms with Gasteiger partial charge in [0.2, 0.25) is 10.0 Å². The molecule has 2 rings (SSSR count). The molecule has 1 N–H and O–H groups in total. The zero-order valence-electron chi connectivity index (χ0n) is 12.8. The Labute approximate surface area is 126 Å². The molecule has 0 atom stereocenters. The van der Waals surface area contributed by atoms with Crippen LogP contribution in [0.25, 0.3) is 0 Å². The topological polar surface area (TPSA) is 64.6 Å². The van der Waals surface area contributed by atoms with Crippen molar-refractivity contribution in [1.29, 1.82) is 0 Å². The molecule has 1 aliphatic rings. The first kappa shape index (κ1) is 16.3. The summed E-state index contributed by atoms with van der Waals surface area (Å²) in [5, 5.41) is 0. The van der Waals surface area contributed by atoms with Gasteiger partial charge >= 0.3 is 0 Å². The lowest BCUT2D eigenvalue weighted by Crippen LogP contribution is -2.56. The fraction of sp³-hybridized carbons (Fsp3) is 0.600. The van der Waals surface area contributed by atoms with E-state index in [4.69, 9.17) is 9.47 Å². The van der Waals surface area contributed by atoms with E-state index in [9.17, 15) is 8.42 Å². The molecule has 0 aliphatic heterocycles. The lowest BCUT2D eigenvalue weighted by Gasteiger charge is -2.41. The van der Waals surface area contributed by atoms with Crippen molar-refractivity contribution in [2.75, 3.05) is 20.3 Å². The Hall–Kier alpha value is -1.11. The highest BCUT2D eigenvalue weighted by Gasteiger charge is 2.41. The number of methoxy groups -OCH3 is 1. The summed E-state index contributed by atoms with van der Waals surface area (Å²) < 4.78 is 38.6. The van der Waals surface area contributed by atoms with Crippen molar-refractivity contribution in [3.63, 3.8) is 0 Å². The van der Waals surface area contributed by atoms with Crippen LogP contribution >= 0.6 is 0 Å². The van der Waals surface area contributed by atoms with Crippen molar-refractivity contribution in [3.8, 4) is 5.75 Å². The Kier molecular flexibility index (Phi) is 4.91. The summed E-state index contributed by atoms with van der Waals surface area (Å²) in [6.07, 6.45) is 2.65. The van der Waals surface area contributed by atoms with Crippen molar-refractivity contribution in [1.82, 2.24) is 4.72 Å². The Balaban J connectivity index is 2.23. The molecular formula is C15H23NO4S. The minimum atomic E-state index is -3.55. The Morgan fingerprint density at radius 3 is 2.52 bits per heavy atom. The summed E-state index contributed by atoms with van der Waals surface area (Å²) in [7, 11) is -1.96. The number of hydrogen-bond donors (Lipinski definition) is 1. The molecule has 0 amide bonds. The Morgan fingerprint density at radius 2 is 2.05 bits per heavy atom. The van der Waals surface area contributed by atoms with Gasteiger partial charge in [0.25, 0.3) is 0 Å². The smallest absolute Gasteiger partial charge is 0.241 e. The summed E-state index contributed by atoms with van der Waals surface area (Å²) in [5.41, 5.74) is 0.235. The van der Waals surface area contributed by atoms with Crippen LogP contribution in [-0.2, 0) is 14.8 Å². The first-order valence-electron chi connectivity index (χ1n) is 7.19. The predicted molar refractivity (Wildman–Crippen MR) is 81.1 cm³/mol. The molecule has 0 aromatic heterocycles. The minimum Gasteiger partial charge on any atom is -0.494 e. The average molecular weight is 313 g/mol. The molecule has 0 heterocycles. The number of hydrogen-bond acceptors (Lipinski definition) is 4. The SMILES string of the molecule is CCOc1ccc(S(=O)(=O)NC2(COC)CCC2)c(C)c1. The van der Waals surface area contributed by atoms with Gasteiger partial charge in [-0.3, -0.25) is 0 Å². The second-order valence-corrected chi connectivity index (χ2v) is 7.18. The van der Waals surface area contributed by atoms with Crippen molar-refractivity contribution >= 4 is 10.0 Å². The molecule has 5 nitrogen and oxygen atoms in total. The minimum absolute atomic E-state index is 0.299. The first-order chi connectivity index (χ1) is 9.92. The third-order valence-electron chi connectivity index (χ3n) is 3.83. The Bertz CT molecular complexity index is 594. The molecule has 6 heteroatoms. The second kappa shape index (κ2) is 6.34. The molecule has 0 bridgehead atoms. The maximum absolute atomic E-state index is 12.6. The normalized spacial score (nSPS) is 17.3. The molecule has 0 saturated heterocycles. The molecule has 21 heavy (non-hydrogen) atoms.